The Balaban J connectivity index is 1.87. The van der Waals surface area contributed by atoms with Crippen LogP contribution in [0.4, 0.5) is 5.95 Å². The number of aromatic nitrogens is 2. The van der Waals surface area contributed by atoms with Crippen molar-refractivity contribution >= 4 is 12.2 Å². The number of hydrogen-bond donors (Lipinski definition) is 0. The first kappa shape index (κ1) is 14.9. The van der Waals surface area contributed by atoms with Crippen molar-refractivity contribution in [2.45, 2.75) is 26.7 Å². The molecule has 5 heteroatoms. The molecule has 2 heterocycles. The van der Waals surface area contributed by atoms with Gasteiger partial charge in [-0.25, -0.2) is 9.97 Å². The fourth-order valence-electron chi connectivity index (χ4n) is 2.82. The minimum absolute atomic E-state index is 0.208. The summed E-state index contributed by atoms with van der Waals surface area (Å²) in [7, 11) is 0. The topological polar surface area (TPSA) is 49.3 Å². The minimum atomic E-state index is -0.208. The number of piperazine rings is 1. The molecular weight excluding hydrogens is 252 g/mol. The number of aldehydes is 1. The van der Waals surface area contributed by atoms with Crippen LogP contribution in [-0.4, -0.2) is 53.9 Å². The lowest BCUT2D eigenvalue weighted by Gasteiger charge is -2.38. The lowest BCUT2D eigenvalue weighted by molar-refractivity contribution is -0.116. The number of carbonyl (C=O) groups is 1. The molecule has 0 N–H and O–H groups in total. The zero-order valence-electron chi connectivity index (χ0n) is 12.5. The molecule has 1 atom stereocenters. The Morgan fingerprint density at radius 2 is 1.90 bits per heavy atom. The maximum Gasteiger partial charge on any atom is 0.225 e. The highest BCUT2D eigenvalue weighted by molar-refractivity contribution is 5.59. The predicted octanol–water partition coefficient (Wildman–Crippen LogP) is 1.60. The summed E-state index contributed by atoms with van der Waals surface area (Å²) in [6.45, 7) is 8.82. The summed E-state index contributed by atoms with van der Waals surface area (Å²) in [6, 6.07) is 1.83. The number of hydrogen-bond acceptors (Lipinski definition) is 5. The van der Waals surface area contributed by atoms with E-state index in [4.69, 9.17) is 0 Å². The van der Waals surface area contributed by atoms with Crippen LogP contribution < -0.4 is 4.90 Å². The second-order valence-electron chi connectivity index (χ2n) is 5.83. The van der Waals surface area contributed by atoms with E-state index in [-0.39, 0.29) is 5.41 Å². The first-order valence-electron chi connectivity index (χ1n) is 7.37. The molecule has 0 bridgehead atoms. The minimum Gasteiger partial charge on any atom is -0.338 e. The van der Waals surface area contributed by atoms with Crippen molar-refractivity contribution in [3.63, 3.8) is 0 Å². The van der Waals surface area contributed by atoms with Gasteiger partial charge >= 0.3 is 0 Å². The van der Waals surface area contributed by atoms with E-state index in [0.717, 1.165) is 57.8 Å². The van der Waals surface area contributed by atoms with Gasteiger partial charge in [0.2, 0.25) is 5.95 Å². The molecule has 1 unspecified atom stereocenters. The largest absolute Gasteiger partial charge is 0.338 e. The predicted molar refractivity (Wildman–Crippen MR) is 79.8 cm³/mol. The third-order valence-electron chi connectivity index (χ3n) is 3.90. The molecule has 1 fully saturated rings. The van der Waals surface area contributed by atoms with Gasteiger partial charge in [0.1, 0.15) is 6.29 Å². The normalized spacial score (nSPS) is 19.6. The van der Waals surface area contributed by atoms with E-state index in [1.54, 1.807) is 12.4 Å². The second kappa shape index (κ2) is 6.79. The van der Waals surface area contributed by atoms with Crippen LogP contribution in [0.15, 0.2) is 18.5 Å². The summed E-state index contributed by atoms with van der Waals surface area (Å²) < 4.78 is 0. The molecule has 0 radical (unpaired) electrons. The Morgan fingerprint density at radius 3 is 2.45 bits per heavy atom. The van der Waals surface area contributed by atoms with E-state index >= 15 is 0 Å². The molecule has 0 saturated carbocycles. The lowest BCUT2D eigenvalue weighted by atomic mass is 9.86. The van der Waals surface area contributed by atoms with Gasteiger partial charge < -0.3 is 9.69 Å². The fourth-order valence-corrected chi connectivity index (χ4v) is 2.82. The summed E-state index contributed by atoms with van der Waals surface area (Å²) in [5.41, 5.74) is -0.208. The number of carbonyl (C=O) groups excluding carboxylic acids is 1. The van der Waals surface area contributed by atoms with E-state index in [1.807, 2.05) is 6.07 Å². The van der Waals surface area contributed by atoms with Crippen LogP contribution in [0.2, 0.25) is 0 Å². The fraction of sp³-hybridized carbons (Fsp3) is 0.667. The molecule has 0 aliphatic carbocycles. The SMILES string of the molecule is CCCC(C)(C=O)CN1CCN(c2ncccn2)CC1. The van der Waals surface area contributed by atoms with Crippen LogP contribution in [0, 0.1) is 5.41 Å². The molecule has 0 aromatic carbocycles. The lowest BCUT2D eigenvalue weighted by Crippen LogP contribution is -2.50. The summed E-state index contributed by atoms with van der Waals surface area (Å²) in [5, 5.41) is 0. The van der Waals surface area contributed by atoms with Crippen molar-refractivity contribution < 1.29 is 4.79 Å². The van der Waals surface area contributed by atoms with Gasteiger partial charge in [-0.05, 0) is 12.5 Å². The molecule has 5 nitrogen and oxygen atoms in total. The molecule has 1 aliphatic heterocycles. The molecule has 110 valence electrons. The maximum atomic E-state index is 11.3. The van der Waals surface area contributed by atoms with E-state index in [0.29, 0.717) is 0 Å². The summed E-state index contributed by atoms with van der Waals surface area (Å²) >= 11 is 0. The average molecular weight is 276 g/mol. The standard InChI is InChI=1S/C15H24N4O/c1-3-5-15(2,13-20)12-18-8-10-19(11-9-18)14-16-6-4-7-17-14/h4,6-7,13H,3,5,8-12H2,1-2H3. The number of anilines is 1. The van der Waals surface area contributed by atoms with Crippen molar-refractivity contribution in [1.82, 2.24) is 14.9 Å². The number of rotatable bonds is 6. The van der Waals surface area contributed by atoms with Gasteiger partial charge in [-0.1, -0.05) is 20.3 Å². The zero-order valence-corrected chi connectivity index (χ0v) is 12.5. The molecule has 0 amide bonds. The molecule has 20 heavy (non-hydrogen) atoms. The first-order chi connectivity index (χ1) is 9.67. The quantitative estimate of drug-likeness (QED) is 0.739. The van der Waals surface area contributed by atoms with Crippen LogP contribution in [0.3, 0.4) is 0 Å². The van der Waals surface area contributed by atoms with Crippen LogP contribution in [0.5, 0.6) is 0 Å². The van der Waals surface area contributed by atoms with Crippen LogP contribution in [0.25, 0.3) is 0 Å². The van der Waals surface area contributed by atoms with Crippen molar-refractivity contribution in [3.05, 3.63) is 18.5 Å². The van der Waals surface area contributed by atoms with Crippen LogP contribution in [0.1, 0.15) is 26.7 Å². The van der Waals surface area contributed by atoms with Gasteiger partial charge in [-0.15, -0.1) is 0 Å². The van der Waals surface area contributed by atoms with Crippen molar-refractivity contribution in [3.8, 4) is 0 Å². The van der Waals surface area contributed by atoms with E-state index in [9.17, 15) is 4.79 Å². The Morgan fingerprint density at radius 1 is 1.25 bits per heavy atom. The molecule has 1 saturated heterocycles. The second-order valence-corrected chi connectivity index (χ2v) is 5.83. The molecule has 2 rings (SSSR count). The Kier molecular flexibility index (Phi) is 5.06. The number of nitrogens with zero attached hydrogens (tertiary/aromatic N) is 4. The van der Waals surface area contributed by atoms with Gasteiger partial charge in [0.25, 0.3) is 0 Å². The van der Waals surface area contributed by atoms with Gasteiger partial charge in [0.15, 0.2) is 0 Å². The van der Waals surface area contributed by atoms with Crippen LogP contribution in [-0.2, 0) is 4.79 Å². The van der Waals surface area contributed by atoms with Gasteiger partial charge in [-0.2, -0.15) is 0 Å². The van der Waals surface area contributed by atoms with Crippen molar-refractivity contribution in [2.24, 2.45) is 5.41 Å². The molecule has 1 aliphatic rings. The van der Waals surface area contributed by atoms with Gasteiger partial charge in [-0.3, -0.25) is 4.90 Å². The summed E-state index contributed by atoms with van der Waals surface area (Å²) in [5.74, 6) is 0.804. The third-order valence-corrected chi connectivity index (χ3v) is 3.90. The highest BCUT2D eigenvalue weighted by Crippen LogP contribution is 2.23. The average Bonchev–Trinajstić information content (AvgIpc) is 2.49. The first-order valence-corrected chi connectivity index (χ1v) is 7.37. The summed E-state index contributed by atoms with van der Waals surface area (Å²) in [6.07, 6.45) is 6.69. The third kappa shape index (κ3) is 3.76. The molecule has 1 aromatic heterocycles. The Hall–Kier alpha value is -1.49. The van der Waals surface area contributed by atoms with E-state index in [2.05, 4.69) is 33.6 Å². The highest BCUT2D eigenvalue weighted by atomic mass is 16.1. The van der Waals surface area contributed by atoms with Gasteiger partial charge in [0, 0.05) is 50.5 Å². The highest BCUT2D eigenvalue weighted by Gasteiger charge is 2.28. The molecule has 1 aromatic rings. The monoisotopic (exact) mass is 276 g/mol. The Bertz CT molecular complexity index is 417. The van der Waals surface area contributed by atoms with Crippen molar-refractivity contribution in [1.29, 1.82) is 0 Å². The van der Waals surface area contributed by atoms with E-state index < -0.39 is 0 Å². The molecular formula is C15H24N4O. The maximum absolute atomic E-state index is 11.3. The van der Waals surface area contributed by atoms with Crippen LogP contribution >= 0.6 is 0 Å². The van der Waals surface area contributed by atoms with E-state index in [1.165, 1.54) is 0 Å². The van der Waals surface area contributed by atoms with Crippen molar-refractivity contribution in [2.75, 3.05) is 37.6 Å². The molecule has 0 spiro atoms. The van der Waals surface area contributed by atoms with Gasteiger partial charge in [0.05, 0.1) is 0 Å². The smallest absolute Gasteiger partial charge is 0.225 e. The zero-order chi connectivity index (χ0) is 14.4. The Labute approximate surface area is 121 Å². The summed E-state index contributed by atoms with van der Waals surface area (Å²) in [4.78, 5) is 24.5.